The molecule has 0 aliphatic heterocycles. The van der Waals surface area contributed by atoms with E-state index >= 15 is 0 Å². The van der Waals surface area contributed by atoms with Gasteiger partial charge in [0, 0.05) is 66.6 Å². The van der Waals surface area contributed by atoms with Gasteiger partial charge in [0.15, 0.2) is 23.1 Å². The second-order valence-corrected chi connectivity index (χ2v) is 17.1. The maximum absolute atomic E-state index is 14.8. The van der Waals surface area contributed by atoms with Gasteiger partial charge in [0.05, 0.1) is 14.2 Å². The van der Waals surface area contributed by atoms with Crippen LogP contribution in [0.3, 0.4) is 0 Å². The monoisotopic (exact) mass is 916 g/mol. The summed E-state index contributed by atoms with van der Waals surface area (Å²) in [6.45, 7) is 6.25. The van der Waals surface area contributed by atoms with Gasteiger partial charge in [-0.15, -0.1) is 0 Å². The molecule has 0 atom stereocenters. The van der Waals surface area contributed by atoms with Crippen LogP contribution in [0.25, 0.3) is 0 Å². The van der Waals surface area contributed by atoms with Crippen LogP contribution in [-0.4, -0.2) is 69.1 Å². The Kier molecular flexibility index (Phi) is 15.4. The van der Waals surface area contributed by atoms with Gasteiger partial charge in [-0.3, -0.25) is 4.72 Å². The predicted molar refractivity (Wildman–Crippen MR) is 214 cm³/mol. The average Bonchev–Trinajstić information content (AvgIpc) is 3.78. The fourth-order valence-electron chi connectivity index (χ4n) is 4.98. The number of rotatable bonds is 14. The van der Waals surface area contributed by atoms with Crippen molar-refractivity contribution in [3.05, 3.63) is 107 Å². The molecule has 6 aromatic rings. The van der Waals surface area contributed by atoms with E-state index in [1.54, 1.807) is 52.0 Å². The summed E-state index contributed by atoms with van der Waals surface area (Å²) in [4.78, 5) is 6.08. The van der Waals surface area contributed by atoms with E-state index < -0.39 is 71.3 Å². The minimum Gasteiger partial charge on any atom is -0.497 e. The van der Waals surface area contributed by atoms with Gasteiger partial charge in [-0.05, 0) is 63.1 Å². The molecule has 24 heteroatoms. The van der Waals surface area contributed by atoms with Crippen molar-refractivity contribution in [2.75, 3.05) is 37.1 Å². The van der Waals surface area contributed by atoms with Crippen molar-refractivity contribution in [1.29, 1.82) is 0 Å². The molecule has 0 saturated carbocycles. The third-order valence-corrected chi connectivity index (χ3v) is 12.4. The summed E-state index contributed by atoms with van der Waals surface area (Å²) in [6, 6.07) is 12.1. The number of nitrogens with one attached hydrogen (secondary N) is 1. The van der Waals surface area contributed by atoms with Crippen molar-refractivity contribution in [3.8, 4) is 34.5 Å². The molecule has 2 heterocycles. The molecule has 4 aromatic carbocycles. The van der Waals surface area contributed by atoms with E-state index in [9.17, 15) is 34.4 Å². The zero-order valence-electron chi connectivity index (χ0n) is 32.5. The predicted octanol–water partition coefficient (Wildman–Crippen LogP) is 7.24. The third kappa shape index (κ3) is 11.3. The summed E-state index contributed by atoms with van der Waals surface area (Å²) >= 11 is 1.58. The molecule has 0 radical (unpaired) electrons. The third-order valence-electron chi connectivity index (χ3n) is 7.53. The van der Waals surface area contributed by atoms with Gasteiger partial charge in [0.25, 0.3) is 20.0 Å². The van der Waals surface area contributed by atoms with Crippen molar-refractivity contribution >= 4 is 53.4 Å². The number of hydrogen-bond donors (Lipinski definition) is 1. The van der Waals surface area contributed by atoms with Gasteiger partial charge in [-0.1, -0.05) is 0 Å². The molecule has 0 unspecified atom stereocenters. The second kappa shape index (κ2) is 19.6. The van der Waals surface area contributed by atoms with E-state index in [4.69, 9.17) is 23.7 Å². The highest BCUT2D eigenvalue weighted by Gasteiger charge is 2.32. The molecule has 2 aromatic heterocycles. The molecule has 0 saturated heterocycles. The van der Waals surface area contributed by atoms with Gasteiger partial charge >= 0.3 is 0 Å². The molecular formula is C36H36F4N6O10S4. The molecule has 0 fully saturated rings. The normalized spacial score (nSPS) is 11.2. The first kappa shape index (κ1) is 47.0. The Morgan fingerprint density at radius 1 is 0.617 bits per heavy atom. The average molecular weight is 917 g/mol. The quantitative estimate of drug-likeness (QED) is 0.0844. The van der Waals surface area contributed by atoms with E-state index in [1.165, 1.54) is 33.5 Å². The van der Waals surface area contributed by atoms with Crippen LogP contribution in [0.4, 0.5) is 27.8 Å². The highest BCUT2D eigenvalue weighted by Crippen LogP contribution is 2.35. The molecule has 0 spiro atoms. The molecule has 0 bridgehead atoms. The number of anilines is 2. The van der Waals surface area contributed by atoms with Gasteiger partial charge in [-0.25, -0.2) is 48.7 Å². The summed E-state index contributed by atoms with van der Waals surface area (Å²) in [5.74, 6) is -3.37. The summed E-state index contributed by atoms with van der Waals surface area (Å²) < 4.78 is 146. The van der Waals surface area contributed by atoms with Gasteiger partial charge < -0.3 is 29.2 Å². The number of aryl methyl sites for hydroxylation is 4. The molecule has 322 valence electrons. The Hall–Kier alpha value is -5.66. The van der Waals surface area contributed by atoms with Crippen LogP contribution < -0.4 is 28.0 Å². The number of sulfonamides is 2. The lowest BCUT2D eigenvalue weighted by molar-refractivity contribution is 0.209. The number of benzene rings is 4. The number of methoxy groups -OCH3 is 3. The molecule has 16 nitrogen and oxygen atoms in total. The van der Waals surface area contributed by atoms with Crippen LogP contribution in [0.15, 0.2) is 70.5 Å². The Balaban J connectivity index is 0.000000262. The largest absolute Gasteiger partial charge is 0.497 e. The van der Waals surface area contributed by atoms with Crippen molar-refractivity contribution in [2.45, 2.75) is 37.5 Å². The maximum atomic E-state index is 14.8. The van der Waals surface area contributed by atoms with Crippen LogP contribution in [0, 0.1) is 51.0 Å². The Morgan fingerprint density at radius 3 is 1.53 bits per heavy atom. The molecular weight excluding hydrogens is 881 g/mol. The molecule has 0 aliphatic carbocycles. The fourth-order valence-corrected chi connectivity index (χ4v) is 9.10. The molecule has 0 aliphatic rings. The van der Waals surface area contributed by atoms with Crippen LogP contribution >= 0.6 is 23.1 Å². The Bertz CT molecular complexity index is 2700. The first-order valence-corrected chi connectivity index (χ1v) is 21.1. The first-order valence-electron chi connectivity index (χ1n) is 16.6. The topological polar surface area (TPSA) is 213 Å². The van der Waals surface area contributed by atoms with Crippen molar-refractivity contribution in [3.63, 3.8) is 0 Å². The summed E-state index contributed by atoms with van der Waals surface area (Å²) in [5, 5.41) is -0.0872. The van der Waals surface area contributed by atoms with Crippen molar-refractivity contribution in [2.24, 2.45) is 0 Å². The number of ether oxygens (including phenoxy) is 5. The number of nitrogens with zero attached hydrogens (tertiary/aromatic N) is 5. The molecule has 6 rings (SSSR count). The molecule has 0 amide bonds. The fraction of sp³-hybridized carbons (Fsp3) is 0.222. The lowest BCUT2D eigenvalue weighted by Crippen LogP contribution is -2.33. The zero-order chi connectivity index (χ0) is 43.2. The van der Waals surface area contributed by atoms with Gasteiger partial charge in [0.1, 0.15) is 62.8 Å². The maximum Gasteiger partial charge on any atom is 0.271 e. The highest BCUT2D eigenvalue weighted by atomic mass is 32.2. The summed E-state index contributed by atoms with van der Waals surface area (Å²) in [6.07, 6.45) is 0. The van der Waals surface area contributed by atoms with E-state index in [0.29, 0.717) is 51.7 Å². The lowest BCUT2D eigenvalue weighted by atomic mass is 10.2. The van der Waals surface area contributed by atoms with Crippen LogP contribution in [0.2, 0.25) is 0 Å². The van der Waals surface area contributed by atoms with Crippen molar-refractivity contribution in [1.82, 2.24) is 18.7 Å². The highest BCUT2D eigenvalue weighted by molar-refractivity contribution is 7.93. The zero-order valence-corrected chi connectivity index (χ0v) is 35.8. The van der Waals surface area contributed by atoms with Crippen molar-refractivity contribution < 1.29 is 63.6 Å². The standard InChI is InChI=1S/C19H19F2N3O5S2.C17H15F2N3O4S2.H2O/c1-11-5-13(28-4)7-14(6-11)29-17-8-16(21)18(9-15(17)20)31(25,26)24(10-27-3)19-22-12(2)23-30-19;1-9-4-11(25-3)6-12(5-9)26-15-7-14(19)16(8-13(15)18)28(23,24)22-17-20-10(2)21-27-17;/h5-9H,10H2,1-4H3;4-8H,1-3H3,(H,20,21,22);1H2. The number of hydrogen-bond acceptors (Lipinski definition) is 15. The van der Waals surface area contributed by atoms with Crippen LogP contribution in [0.1, 0.15) is 22.8 Å². The first-order chi connectivity index (χ1) is 27.8. The Labute approximate surface area is 350 Å². The number of aromatic nitrogens is 4. The van der Waals surface area contributed by atoms with E-state index in [-0.39, 0.29) is 27.2 Å². The van der Waals surface area contributed by atoms with Gasteiger partial charge in [-0.2, -0.15) is 8.75 Å². The Morgan fingerprint density at radius 2 is 1.08 bits per heavy atom. The minimum absolute atomic E-state index is 0. The van der Waals surface area contributed by atoms with E-state index in [0.717, 1.165) is 34.2 Å². The van der Waals surface area contributed by atoms with E-state index in [1.807, 2.05) is 0 Å². The van der Waals surface area contributed by atoms with Gasteiger partial charge in [0.2, 0.25) is 10.3 Å². The summed E-state index contributed by atoms with van der Waals surface area (Å²) in [5.41, 5.74) is 1.56. The molecule has 3 N–H and O–H groups in total. The number of halogens is 4. The van der Waals surface area contributed by atoms with E-state index in [2.05, 4.69) is 23.4 Å². The second-order valence-electron chi connectivity index (χ2n) is 12.1. The van der Waals surface area contributed by atoms with Crippen LogP contribution in [-0.2, 0) is 24.8 Å². The van der Waals surface area contributed by atoms with Crippen LogP contribution in [0.5, 0.6) is 34.5 Å². The smallest absolute Gasteiger partial charge is 0.271 e. The molecule has 60 heavy (non-hydrogen) atoms. The minimum atomic E-state index is -4.54. The lowest BCUT2D eigenvalue weighted by Gasteiger charge is -2.21. The summed E-state index contributed by atoms with van der Waals surface area (Å²) in [7, 11) is -4.74. The SMILES string of the molecule is COCN(c1nc(C)ns1)S(=O)(=O)c1cc(F)c(Oc2cc(C)cc(OC)c2)cc1F.COc1cc(C)cc(Oc2cc(F)c(S(=O)(=O)Nc3nc(C)ns3)cc2F)c1.O.